The molecule has 0 unspecified atom stereocenters. The van der Waals surface area contributed by atoms with Crippen molar-refractivity contribution in [2.45, 2.75) is 19.9 Å². The molecule has 0 bridgehead atoms. The van der Waals surface area contributed by atoms with Crippen LogP contribution in [0, 0.1) is 5.82 Å². The van der Waals surface area contributed by atoms with Crippen LogP contribution in [0.15, 0.2) is 47.3 Å². The number of aromatic amines is 1. The van der Waals surface area contributed by atoms with Crippen LogP contribution in [-0.2, 0) is 6.54 Å². The first-order valence-corrected chi connectivity index (χ1v) is 8.59. The molecule has 3 aromatic rings. The van der Waals surface area contributed by atoms with E-state index >= 15 is 0 Å². The Morgan fingerprint density at radius 1 is 1.23 bits per heavy atom. The maximum atomic E-state index is 13.1. The Kier molecular flexibility index (Phi) is 5.32. The van der Waals surface area contributed by atoms with E-state index in [0.717, 1.165) is 6.42 Å². The van der Waals surface area contributed by atoms with Crippen LogP contribution in [0.2, 0.25) is 5.02 Å². The van der Waals surface area contributed by atoms with Gasteiger partial charge in [-0.1, -0.05) is 18.5 Å². The second kappa shape index (κ2) is 7.66. The number of rotatable bonds is 5. The second-order valence-corrected chi connectivity index (χ2v) is 6.34. The van der Waals surface area contributed by atoms with E-state index in [1.54, 1.807) is 23.1 Å². The summed E-state index contributed by atoms with van der Waals surface area (Å²) in [6, 6.07) is 10.2. The van der Waals surface area contributed by atoms with E-state index in [1.165, 1.54) is 24.3 Å². The van der Waals surface area contributed by atoms with Gasteiger partial charge in [-0.05, 0) is 48.9 Å². The summed E-state index contributed by atoms with van der Waals surface area (Å²) in [4.78, 5) is 33.7. The van der Waals surface area contributed by atoms with Crippen molar-refractivity contribution in [3.63, 3.8) is 0 Å². The van der Waals surface area contributed by atoms with Crippen LogP contribution in [0.5, 0.6) is 0 Å². The zero-order chi connectivity index (χ0) is 18.7. The standard InChI is InChI=1S/C19H17ClFN3O2/c1-2-9-24(19(26)12-3-6-14(21)7-4-12)11-17-22-16-10-13(20)5-8-15(16)18(25)23-17/h3-8,10H,2,9,11H2,1H3,(H,22,23,25). The van der Waals surface area contributed by atoms with Crippen molar-refractivity contribution in [3.05, 3.63) is 75.0 Å². The number of carbonyl (C=O) groups is 1. The van der Waals surface area contributed by atoms with E-state index in [-0.39, 0.29) is 18.0 Å². The molecule has 7 heteroatoms. The van der Waals surface area contributed by atoms with Gasteiger partial charge in [0, 0.05) is 17.1 Å². The minimum absolute atomic E-state index is 0.141. The molecular formula is C19H17ClFN3O2. The molecule has 0 aliphatic carbocycles. The van der Waals surface area contributed by atoms with E-state index in [2.05, 4.69) is 9.97 Å². The van der Waals surface area contributed by atoms with Crippen molar-refractivity contribution in [3.8, 4) is 0 Å². The molecule has 0 aliphatic heterocycles. The molecule has 1 aromatic heterocycles. The first kappa shape index (κ1) is 18.1. The number of hydrogen-bond acceptors (Lipinski definition) is 3. The number of nitrogens with one attached hydrogen (secondary N) is 1. The van der Waals surface area contributed by atoms with Crippen molar-refractivity contribution < 1.29 is 9.18 Å². The Bertz CT molecular complexity index is 1000. The average Bonchev–Trinajstić information content (AvgIpc) is 2.61. The fraction of sp³-hybridized carbons (Fsp3) is 0.211. The van der Waals surface area contributed by atoms with Crippen molar-refractivity contribution in [1.29, 1.82) is 0 Å². The maximum Gasteiger partial charge on any atom is 0.258 e. The maximum absolute atomic E-state index is 13.1. The summed E-state index contributed by atoms with van der Waals surface area (Å²) in [5, 5.41) is 0.916. The predicted molar refractivity (Wildman–Crippen MR) is 98.8 cm³/mol. The van der Waals surface area contributed by atoms with Gasteiger partial charge in [0.1, 0.15) is 11.6 Å². The largest absolute Gasteiger partial charge is 0.331 e. The molecule has 2 aromatic carbocycles. The molecule has 5 nitrogen and oxygen atoms in total. The number of H-pyrrole nitrogens is 1. The molecule has 1 N–H and O–H groups in total. The van der Waals surface area contributed by atoms with Crippen LogP contribution >= 0.6 is 11.6 Å². The summed E-state index contributed by atoms with van der Waals surface area (Å²) in [5.41, 5.74) is 0.570. The topological polar surface area (TPSA) is 66.1 Å². The number of benzene rings is 2. The Morgan fingerprint density at radius 3 is 2.65 bits per heavy atom. The van der Waals surface area contributed by atoms with E-state index in [4.69, 9.17) is 11.6 Å². The molecule has 0 aliphatic rings. The lowest BCUT2D eigenvalue weighted by Gasteiger charge is -2.21. The minimum Gasteiger partial charge on any atom is -0.331 e. The Labute approximate surface area is 154 Å². The zero-order valence-electron chi connectivity index (χ0n) is 14.1. The van der Waals surface area contributed by atoms with E-state index < -0.39 is 5.82 Å². The molecule has 134 valence electrons. The number of fused-ring (bicyclic) bond motifs is 1. The van der Waals surface area contributed by atoms with E-state index in [1.807, 2.05) is 6.92 Å². The summed E-state index contributed by atoms with van der Waals surface area (Å²) < 4.78 is 13.1. The highest BCUT2D eigenvalue weighted by molar-refractivity contribution is 6.31. The predicted octanol–water partition coefficient (Wildman–Crippen LogP) is 3.77. The summed E-state index contributed by atoms with van der Waals surface area (Å²) in [7, 11) is 0. The highest BCUT2D eigenvalue weighted by atomic mass is 35.5. The van der Waals surface area contributed by atoms with Gasteiger partial charge < -0.3 is 9.88 Å². The number of halogens is 2. The molecular weight excluding hydrogens is 357 g/mol. The molecule has 26 heavy (non-hydrogen) atoms. The first-order chi connectivity index (χ1) is 12.5. The first-order valence-electron chi connectivity index (χ1n) is 8.21. The van der Waals surface area contributed by atoms with Gasteiger partial charge >= 0.3 is 0 Å². The third-order valence-corrected chi connectivity index (χ3v) is 4.17. The van der Waals surface area contributed by atoms with Gasteiger partial charge in [-0.25, -0.2) is 9.37 Å². The SMILES string of the molecule is CCCN(Cc1nc2cc(Cl)ccc2c(=O)[nH]1)C(=O)c1ccc(F)cc1. The third-order valence-electron chi connectivity index (χ3n) is 3.93. The fourth-order valence-electron chi connectivity index (χ4n) is 2.71. The van der Waals surface area contributed by atoms with E-state index in [0.29, 0.717) is 33.9 Å². The number of carbonyl (C=O) groups excluding carboxylic acids is 1. The van der Waals surface area contributed by atoms with Crippen LogP contribution in [0.25, 0.3) is 10.9 Å². The monoisotopic (exact) mass is 373 g/mol. The zero-order valence-corrected chi connectivity index (χ0v) is 14.9. The third kappa shape index (κ3) is 3.91. The molecule has 0 atom stereocenters. The lowest BCUT2D eigenvalue weighted by atomic mass is 10.2. The highest BCUT2D eigenvalue weighted by Crippen LogP contribution is 2.16. The number of amides is 1. The van der Waals surface area contributed by atoms with Crippen molar-refractivity contribution in [2.24, 2.45) is 0 Å². The number of aromatic nitrogens is 2. The minimum atomic E-state index is -0.402. The molecule has 0 spiro atoms. The van der Waals surface area contributed by atoms with Gasteiger partial charge in [-0.3, -0.25) is 9.59 Å². The summed E-state index contributed by atoms with van der Waals surface area (Å²) in [5.74, 6) is -0.282. The van der Waals surface area contributed by atoms with Crippen LogP contribution in [0.4, 0.5) is 4.39 Å². The lowest BCUT2D eigenvalue weighted by Crippen LogP contribution is -2.32. The van der Waals surface area contributed by atoms with Crippen molar-refractivity contribution in [2.75, 3.05) is 6.54 Å². The van der Waals surface area contributed by atoms with Crippen molar-refractivity contribution in [1.82, 2.24) is 14.9 Å². The van der Waals surface area contributed by atoms with Gasteiger partial charge in [0.05, 0.1) is 17.4 Å². The van der Waals surface area contributed by atoms with Crippen LogP contribution in [0.3, 0.4) is 0 Å². The molecule has 0 saturated heterocycles. The number of nitrogens with zero attached hydrogens (tertiary/aromatic N) is 2. The second-order valence-electron chi connectivity index (χ2n) is 5.91. The van der Waals surface area contributed by atoms with E-state index in [9.17, 15) is 14.0 Å². The molecule has 1 heterocycles. The number of hydrogen-bond donors (Lipinski definition) is 1. The Morgan fingerprint density at radius 2 is 1.96 bits per heavy atom. The van der Waals surface area contributed by atoms with Gasteiger partial charge in [-0.15, -0.1) is 0 Å². The quantitative estimate of drug-likeness (QED) is 0.740. The summed E-state index contributed by atoms with van der Waals surface area (Å²) in [6.45, 7) is 2.57. The summed E-state index contributed by atoms with van der Waals surface area (Å²) >= 11 is 5.97. The van der Waals surface area contributed by atoms with Crippen LogP contribution in [0.1, 0.15) is 29.5 Å². The Hall–Kier alpha value is -2.73. The normalized spacial score (nSPS) is 10.9. The molecule has 3 rings (SSSR count). The molecule has 0 radical (unpaired) electrons. The van der Waals surface area contributed by atoms with Crippen LogP contribution < -0.4 is 5.56 Å². The van der Waals surface area contributed by atoms with Gasteiger partial charge in [0.2, 0.25) is 0 Å². The van der Waals surface area contributed by atoms with Crippen molar-refractivity contribution >= 4 is 28.4 Å². The van der Waals surface area contributed by atoms with Gasteiger partial charge in [-0.2, -0.15) is 0 Å². The Balaban J connectivity index is 1.92. The lowest BCUT2D eigenvalue weighted by molar-refractivity contribution is 0.0739. The van der Waals surface area contributed by atoms with Gasteiger partial charge in [0.15, 0.2) is 0 Å². The fourth-order valence-corrected chi connectivity index (χ4v) is 2.88. The highest BCUT2D eigenvalue weighted by Gasteiger charge is 2.17. The molecule has 0 saturated carbocycles. The summed E-state index contributed by atoms with van der Waals surface area (Å²) in [6.07, 6.45) is 0.733. The molecule has 1 amide bonds. The van der Waals surface area contributed by atoms with Gasteiger partial charge in [0.25, 0.3) is 11.5 Å². The van der Waals surface area contributed by atoms with Crippen LogP contribution in [-0.4, -0.2) is 27.3 Å². The molecule has 0 fully saturated rings. The average molecular weight is 374 g/mol. The smallest absolute Gasteiger partial charge is 0.258 e.